The van der Waals surface area contributed by atoms with Crippen LogP contribution in [0.3, 0.4) is 0 Å². The Labute approximate surface area is 140 Å². The maximum Gasteiger partial charge on any atom is 0.435 e. The number of ketones is 1. The predicted octanol–water partition coefficient (Wildman–Crippen LogP) is 3.61. The molecule has 0 bridgehead atoms. The predicted molar refractivity (Wildman–Crippen MR) is 81.0 cm³/mol. The molecule has 2 rings (SSSR count). The smallest absolute Gasteiger partial charge is 0.324 e. The summed E-state index contributed by atoms with van der Waals surface area (Å²) in [7, 11) is 0. The van der Waals surface area contributed by atoms with Crippen LogP contribution in [0, 0.1) is 5.82 Å². The number of halogens is 4. The molecule has 0 aliphatic rings. The maximum atomic E-state index is 13.2. The number of rotatable bonds is 5. The number of alkyl halides is 3. The summed E-state index contributed by atoms with van der Waals surface area (Å²) < 4.78 is 52.9. The monoisotopic (exact) mass is 355 g/mol. The Hall–Kier alpha value is -2.84. The van der Waals surface area contributed by atoms with Crippen molar-refractivity contribution in [2.45, 2.75) is 25.9 Å². The van der Waals surface area contributed by atoms with Crippen LogP contribution in [-0.2, 0) is 15.8 Å². The minimum absolute atomic E-state index is 0.0694. The number of amides is 1. The van der Waals surface area contributed by atoms with Crippen molar-refractivity contribution in [1.82, 2.24) is 9.97 Å². The molecule has 0 aliphatic carbocycles. The minimum Gasteiger partial charge on any atom is -0.324 e. The molecule has 5 nitrogen and oxygen atoms in total. The summed E-state index contributed by atoms with van der Waals surface area (Å²) >= 11 is 0. The highest BCUT2D eigenvalue weighted by molar-refractivity contribution is 5.93. The lowest BCUT2D eigenvalue weighted by Crippen LogP contribution is -2.18. The van der Waals surface area contributed by atoms with Gasteiger partial charge in [-0.3, -0.25) is 9.78 Å². The van der Waals surface area contributed by atoms with Gasteiger partial charge in [-0.25, -0.2) is 9.37 Å². The lowest BCUT2D eigenvalue weighted by Gasteiger charge is -2.14. The summed E-state index contributed by atoms with van der Waals surface area (Å²) in [6.45, 7) is 1.28. The van der Waals surface area contributed by atoms with Crippen LogP contribution in [0.1, 0.15) is 25.5 Å². The van der Waals surface area contributed by atoms with Crippen molar-refractivity contribution < 1.29 is 27.2 Å². The van der Waals surface area contributed by atoms with E-state index in [9.17, 15) is 27.2 Å². The molecule has 0 aliphatic heterocycles. The van der Waals surface area contributed by atoms with E-state index >= 15 is 0 Å². The molecule has 2 aromatic rings. The van der Waals surface area contributed by atoms with E-state index in [1.165, 1.54) is 19.2 Å². The van der Waals surface area contributed by atoms with E-state index in [1.54, 1.807) is 0 Å². The van der Waals surface area contributed by atoms with Crippen LogP contribution in [0.15, 0.2) is 30.6 Å². The van der Waals surface area contributed by atoms with Crippen molar-refractivity contribution >= 4 is 17.4 Å². The fourth-order valence-electron chi connectivity index (χ4n) is 1.99. The Kier molecular flexibility index (Phi) is 5.45. The Bertz CT molecular complexity index is 806. The van der Waals surface area contributed by atoms with Gasteiger partial charge in [0.05, 0.1) is 17.6 Å². The van der Waals surface area contributed by atoms with Crippen LogP contribution < -0.4 is 5.32 Å². The van der Waals surface area contributed by atoms with E-state index in [1.807, 2.05) is 0 Å². The second kappa shape index (κ2) is 7.37. The van der Waals surface area contributed by atoms with Crippen molar-refractivity contribution in [2.24, 2.45) is 0 Å². The second-order valence-electron chi connectivity index (χ2n) is 5.23. The summed E-state index contributed by atoms with van der Waals surface area (Å²) in [6, 6.07) is 3.24. The maximum absolute atomic E-state index is 13.2. The molecule has 2 heterocycles. The Morgan fingerprint density at radius 2 is 1.88 bits per heavy atom. The van der Waals surface area contributed by atoms with Gasteiger partial charge in [0.25, 0.3) is 0 Å². The van der Waals surface area contributed by atoms with Gasteiger partial charge in [-0.15, -0.1) is 0 Å². The molecule has 0 saturated carbocycles. The van der Waals surface area contributed by atoms with Crippen molar-refractivity contribution in [3.05, 3.63) is 42.1 Å². The van der Waals surface area contributed by atoms with E-state index in [0.717, 1.165) is 18.3 Å². The van der Waals surface area contributed by atoms with Gasteiger partial charge in [-0.2, -0.15) is 13.2 Å². The number of hydrogen-bond acceptors (Lipinski definition) is 4. The number of hydrogen-bond donors (Lipinski definition) is 1. The molecule has 2 aromatic heterocycles. The summed E-state index contributed by atoms with van der Waals surface area (Å²) in [5, 5.41) is 2.10. The number of nitrogens with one attached hydrogen (secondary N) is 1. The number of anilines is 1. The Balaban J connectivity index is 2.35. The zero-order valence-corrected chi connectivity index (χ0v) is 13.0. The summed E-state index contributed by atoms with van der Waals surface area (Å²) in [5.41, 5.74) is -1.92. The largest absolute Gasteiger partial charge is 0.435 e. The first-order valence-electron chi connectivity index (χ1n) is 7.15. The van der Waals surface area contributed by atoms with Crippen LogP contribution in [0.25, 0.3) is 11.3 Å². The van der Waals surface area contributed by atoms with Crippen LogP contribution in [-0.4, -0.2) is 21.7 Å². The third kappa shape index (κ3) is 5.07. The number of Topliss-reactive ketones (excluding diaryl/α,β-unsaturated/α-hetero) is 1. The number of nitrogens with zero attached hydrogens (tertiary/aromatic N) is 2. The summed E-state index contributed by atoms with van der Waals surface area (Å²) in [5.74, 6) is -1.70. The molecule has 0 atom stereocenters. The van der Waals surface area contributed by atoms with E-state index < -0.39 is 29.3 Å². The Morgan fingerprint density at radius 3 is 2.48 bits per heavy atom. The van der Waals surface area contributed by atoms with E-state index in [4.69, 9.17) is 0 Å². The average molecular weight is 355 g/mol. The quantitative estimate of drug-likeness (QED) is 0.832. The third-order valence-electron chi connectivity index (χ3n) is 3.14. The van der Waals surface area contributed by atoms with E-state index in [-0.39, 0.29) is 29.9 Å². The molecule has 9 heteroatoms. The van der Waals surface area contributed by atoms with Gasteiger partial charge in [0, 0.05) is 24.6 Å². The first-order valence-corrected chi connectivity index (χ1v) is 7.15. The highest BCUT2D eigenvalue weighted by Gasteiger charge is 2.36. The van der Waals surface area contributed by atoms with Crippen molar-refractivity contribution in [3.63, 3.8) is 0 Å². The lowest BCUT2D eigenvalue weighted by atomic mass is 10.1. The number of pyridine rings is 2. The molecule has 0 unspecified atom stereocenters. The highest BCUT2D eigenvalue weighted by atomic mass is 19.4. The van der Waals surface area contributed by atoms with Gasteiger partial charge in [0.2, 0.25) is 5.91 Å². The number of carbonyl (C=O) groups excluding carboxylic acids is 2. The Morgan fingerprint density at radius 1 is 1.16 bits per heavy atom. The molecule has 132 valence electrons. The zero-order chi connectivity index (χ0) is 18.6. The fourth-order valence-corrected chi connectivity index (χ4v) is 1.99. The first-order chi connectivity index (χ1) is 11.7. The lowest BCUT2D eigenvalue weighted by molar-refractivity contribution is -0.140. The number of carbonyl (C=O) groups is 2. The molecule has 1 amide bonds. The molecule has 0 fully saturated rings. The van der Waals surface area contributed by atoms with E-state index in [2.05, 4.69) is 15.3 Å². The second-order valence-corrected chi connectivity index (χ2v) is 5.23. The third-order valence-corrected chi connectivity index (χ3v) is 3.14. The van der Waals surface area contributed by atoms with Gasteiger partial charge in [0.15, 0.2) is 5.69 Å². The zero-order valence-electron chi connectivity index (χ0n) is 13.0. The van der Waals surface area contributed by atoms with Gasteiger partial charge in [0.1, 0.15) is 11.6 Å². The van der Waals surface area contributed by atoms with Gasteiger partial charge in [-0.05, 0) is 25.1 Å². The average Bonchev–Trinajstić information content (AvgIpc) is 2.52. The van der Waals surface area contributed by atoms with Crippen LogP contribution >= 0.6 is 0 Å². The van der Waals surface area contributed by atoms with Gasteiger partial charge < -0.3 is 10.1 Å². The van der Waals surface area contributed by atoms with Crippen LogP contribution in [0.5, 0.6) is 0 Å². The molecular weight excluding hydrogens is 342 g/mol. The fraction of sp³-hybridized carbons (Fsp3) is 0.250. The molecule has 0 aromatic carbocycles. The molecule has 0 saturated heterocycles. The van der Waals surface area contributed by atoms with Gasteiger partial charge in [-0.1, -0.05) is 0 Å². The molecule has 0 spiro atoms. The molecular formula is C16H13F4N3O2. The topological polar surface area (TPSA) is 72.0 Å². The SMILES string of the molecule is CC(=O)CCC(=O)Nc1ccc(-c2cncc(F)c2)nc1C(F)(F)F. The van der Waals surface area contributed by atoms with Crippen LogP contribution in [0.4, 0.5) is 23.2 Å². The standard InChI is InChI=1S/C16H13F4N3O2/c1-9(24)2-5-14(25)22-13-4-3-12(23-15(13)16(18,19)20)10-6-11(17)8-21-7-10/h3-4,6-8H,2,5H2,1H3,(H,22,25). The van der Waals surface area contributed by atoms with Crippen LogP contribution in [0.2, 0.25) is 0 Å². The molecule has 25 heavy (non-hydrogen) atoms. The summed E-state index contributed by atoms with van der Waals surface area (Å²) in [4.78, 5) is 29.6. The summed E-state index contributed by atoms with van der Waals surface area (Å²) in [6.07, 6.45) is -3.05. The minimum atomic E-state index is -4.83. The normalized spacial score (nSPS) is 11.2. The molecule has 1 N–H and O–H groups in total. The number of aromatic nitrogens is 2. The highest BCUT2D eigenvalue weighted by Crippen LogP contribution is 2.35. The van der Waals surface area contributed by atoms with Gasteiger partial charge >= 0.3 is 6.18 Å². The van der Waals surface area contributed by atoms with Crippen molar-refractivity contribution in [2.75, 3.05) is 5.32 Å². The van der Waals surface area contributed by atoms with Crippen molar-refractivity contribution in [1.29, 1.82) is 0 Å². The first kappa shape index (κ1) is 18.5. The van der Waals surface area contributed by atoms with E-state index in [0.29, 0.717) is 0 Å². The van der Waals surface area contributed by atoms with Crippen molar-refractivity contribution in [3.8, 4) is 11.3 Å². The molecule has 0 radical (unpaired) electrons.